The number of nitrogens with zero attached hydrogens (tertiary/aromatic N) is 4. The van der Waals surface area contributed by atoms with Crippen LogP contribution in [-0.4, -0.2) is 64.8 Å². The molecule has 4 N–H and O–H groups in total. The fourth-order valence-corrected chi connectivity index (χ4v) is 3.41. The summed E-state index contributed by atoms with van der Waals surface area (Å²) in [6.07, 6.45) is -1.55. The minimum Gasteiger partial charge on any atom is -0.394 e. The van der Waals surface area contributed by atoms with Crippen LogP contribution in [0.2, 0.25) is 0 Å². The molecule has 4 rings (SSSR count). The number of nitrogens with one attached hydrogen (secondary N) is 1. The highest BCUT2D eigenvalue weighted by atomic mass is 16.6. The zero-order valence-corrected chi connectivity index (χ0v) is 15.8. The number of benzene rings is 1. The van der Waals surface area contributed by atoms with Crippen molar-refractivity contribution in [2.24, 2.45) is 0 Å². The molecule has 0 spiro atoms. The number of ether oxygens (including phenoxy) is 1. The normalized spacial score (nSPS) is 23.7. The van der Waals surface area contributed by atoms with Gasteiger partial charge in [0.1, 0.15) is 18.3 Å². The molecule has 0 radical (unpaired) electrons. The zero-order chi connectivity index (χ0) is 21.3. The average Bonchev–Trinajstić information content (AvgIpc) is 3.29. The number of hydrogen-bond acceptors (Lipinski definition) is 8. The Morgan fingerprint density at radius 1 is 1.10 bits per heavy atom. The summed E-state index contributed by atoms with van der Waals surface area (Å²) in [4.78, 5) is 26.7. The van der Waals surface area contributed by atoms with Crippen LogP contribution in [0.1, 0.15) is 23.0 Å². The van der Waals surface area contributed by atoms with E-state index in [1.54, 1.807) is 6.20 Å². The number of H-pyrrole nitrogens is 1. The van der Waals surface area contributed by atoms with Crippen LogP contribution in [0, 0.1) is 0 Å². The van der Waals surface area contributed by atoms with Gasteiger partial charge in [0.25, 0.3) is 5.56 Å². The summed E-state index contributed by atoms with van der Waals surface area (Å²) >= 11 is 0. The molecule has 3 aromatic rings. The van der Waals surface area contributed by atoms with E-state index >= 15 is 0 Å². The highest BCUT2D eigenvalue weighted by Crippen LogP contribution is 2.28. The molecule has 3 heterocycles. The highest BCUT2D eigenvalue weighted by molar-refractivity contribution is 5.20. The van der Waals surface area contributed by atoms with Gasteiger partial charge in [0, 0.05) is 18.8 Å². The van der Waals surface area contributed by atoms with Gasteiger partial charge in [-0.25, -0.2) is 9.48 Å². The van der Waals surface area contributed by atoms with E-state index in [1.807, 2.05) is 30.3 Å². The lowest BCUT2D eigenvalue weighted by Gasteiger charge is -2.17. The number of aliphatic hydroxyl groups excluding tert-OH is 3. The second-order valence-electron chi connectivity index (χ2n) is 7.12. The first-order chi connectivity index (χ1) is 14.5. The Labute approximate surface area is 169 Å². The molecule has 11 heteroatoms. The third-order valence-corrected chi connectivity index (χ3v) is 4.98. The van der Waals surface area contributed by atoms with Crippen molar-refractivity contribution < 1.29 is 20.1 Å². The molecule has 4 atom stereocenters. The lowest BCUT2D eigenvalue weighted by molar-refractivity contribution is -0.0551. The summed E-state index contributed by atoms with van der Waals surface area (Å²) in [6.45, 7) is -0.491. The van der Waals surface area contributed by atoms with Gasteiger partial charge in [-0.3, -0.25) is 14.3 Å². The number of aromatic nitrogens is 5. The molecular weight excluding hydrogens is 394 g/mol. The molecule has 1 aliphatic heterocycles. The SMILES string of the molecule is O=c1[nH]c(=O)n([C@@H]2O[C@H](CO)C(O)C2O)cc1Cn1cc(Cc2ccccc2)nn1. The number of hydrogen-bond donors (Lipinski definition) is 4. The van der Waals surface area contributed by atoms with E-state index in [9.17, 15) is 24.9 Å². The predicted molar refractivity (Wildman–Crippen MR) is 103 cm³/mol. The molecule has 0 aliphatic carbocycles. The van der Waals surface area contributed by atoms with E-state index in [2.05, 4.69) is 15.3 Å². The molecule has 11 nitrogen and oxygen atoms in total. The second kappa shape index (κ2) is 8.32. The summed E-state index contributed by atoms with van der Waals surface area (Å²) in [7, 11) is 0. The minimum absolute atomic E-state index is 0.0339. The van der Waals surface area contributed by atoms with Gasteiger partial charge >= 0.3 is 5.69 Å². The van der Waals surface area contributed by atoms with Crippen molar-refractivity contribution in [1.29, 1.82) is 0 Å². The van der Waals surface area contributed by atoms with Gasteiger partial charge < -0.3 is 20.1 Å². The van der Waals surface area contributed by atoms with Crippen molar-refractivity contribution in [3.05, 3.63) is 80.4 Å². The van der Waals surface area contributed by atoms with Gasteiger partial charge in [-0.2, -0.15) is 0 Å². The number of rotatable bonds is 6. The lowest BCUT2D eigenvalue weighted by atomic mass is 10.1. The largest absolute Gasteiger partial charge is 0.394 e. The minimum atomic E-state index is -1.44. The predicted octanol–water partition coefficient (Wildman–Crippen LogP) is -1.62. The number of aliphatic hydroxyl groups is 3. The Morgan fingerprint density at radius 2 is 1.87 bits per heavy atom. The van der Waals surface area contributed by atoms with Gasteiger partial charge in [0.05, 0.1) is 24.4 Å². The Hall–Kier alpha value is -3.12. The van der Waals surface area contributed by atoms with Crippen LogP contribution in [0.25, 0.3) is 0 Å². The van der Waals surface area contributed by atoms with Crippen LogP contribution < -0.4 is 11.2 Å². The standard InChI is InChI=1S/C19H21N5O6/c25-10-14-15(26)16(27)18(30-14)24-8-12(17(28)20-19(24)29)7-23-9-13(21-22-23)6-11-4-2-1-3-5-11/h1-5,8-9,14-16,18,25-27H,6-7,10H2,(H,20,28,29)/t14-,15?,16?,18-/m1/s1. The Morgan fingerprint density at radius 3 is 2.57 bits per heavy atom. The summed E-state index contributed by atoms with van der Waals surface area (Å²) in [5.74, 6) is 0. The second-order valence-corrected chi connectivity index (χ2v) is 7.12. The Balaban J connectivity index is 1.56. The first kappa shape index (κ1) is 20.2. The average molecular weight is 415 g/mol. The van der Waals surface area contributed by atoms with Crippen LogP contribution in [0.15, 0.2) is 52.3 Å². The molecule has 158 valence electrons. The molecule has 30 heavy (non-hydrogen) atoms. The molecule has 0 saturated carbocycles. The van der Waals surface area contributed by atoms with Gasteiger partial charge in [-0.1, -0.05) is 35.5 Å². The van der Waals surface area contributed by atoms with Gasteiger partial charge in [0.2, 0.25) is 0 Å². The van der Waals surface area contributed by atoms with Crippen molar-refractivity contribution in [1.82, 2.24) is 24.5 Å². The third-order valence-electron chi connectivity index (χ3n) is 4.98. The molecule has 1 aromatic carbocycles. The first-order valence-electron chi connectivity index (χ1n) is 9.36. The Kier molecular flexibility index (Phi) is 5.59. The quantitative estimate of drug-likeness (QED) is 0.374. The summed E-state index contributed by atoms with van der Waals surface area (Å²) in [5.41, 5.74) is 0.559. The lowest BCUT2D eigenvalue weighted by Crippen LogP contribution is -2.39. The molecule has 1 fully saturated rings. The third kappa shape index (κ3) is 3.96. The number of aromatic amines is 1. The summed E-state index contributed by atoms with van der Waals surface area (Å²) in [6, 6.07) is 9.73. The first-order valence-corrected chi connectivity index (χ1v) is 9.36. The monoisotopic (exact) mass is 415 g/mol. The van der Waals surface area contributed by atoms with E-state index < -0.39 is 42.4 Å². The van der Waals surface area contributed by atoms with Crippen molar-refractivity contribution in [3.63, 3.8) is 0 Å². The van der Waals surface area contributed by atoms with Crippen molar-refractivity contribution >= 4 is 0 Å². The zero-order valence-electron chi connectivity index (χ0n) is 15.8. The van der Waals surface area contributed by atoms with Crippen molar-refractivity contribution in [3.8, 4) is 0 Å². The van der Waals surface area contributed by atoms with E-state index in [-0.39, 0.29) is 12.1 Å². The highest BCUT2D eigenvalue weighted by Gasteiger charge is 2.43. The fourth-order valence-electron chi connectivity index (χ4n) is 3.41. The molecule has 0 amide bonds. The Bertz CT molecular complexity index is 1120. The fraction of sp³-hybridized carbons (Fsp3) is 0.368. The van der Waals surface area contributed by atoms with E-state index in [1.165, 1.54) is 10.9 Å². The van der Waals surface area contributed by atoms with Crippen molar-refractivity contribution in [2.75, 3.05) is 6.61 Å². The van der Waals surface area contributed by atoms with E-state index in [0.29, 0.717) is 6.42 Å². The van der Waals surface area contributed by atoms with Crippen LogP contribution >= 0.6 is 0 Å². The molecule has 1 saturated heterocycles. The van der Waals surface area contributed by atoms with Gasteiger partial charge in [-0.15, -0.1) is 5.10 Å². The maximum Gasteiger partial charge on any atom is 0.330 e. The molecule has 2 unspecified atom stereocenters. The van der Waals surface area contributed by atoms with Crippen LogP contribution in [0.4, 0.5) is 0 Å². The molecular formula is C19H21N5O6. The molecule has 1 aliphatic rings. The van der Waals surface area contributed by atoms with Crippen LogP contribution in [-0.2, 0) is 17.7 Å². The summed E-state index contributed by atoms with van der Waals surface area (Å²) < 4.78 is 7.83. The van der Waals surface area contributed by atoms with Crippen LogP contribution in [0.3, 0.4) is 0 Å². The van der Waals surface area contributed by atoms with Crippen LogP contribution in [0.5, 0.6) is 0 Å². The van der Waals surface area contributed by atoms with E-state index in [0.717, 1.165) is 15.8 Å². The van der Waals surface area contributed by atoms with Gasteiger partial charge in [0.15, 0.2) is 6.23 Å². The molecule has 2 aromatic heterocycles. The van der Waals surface area contributed by atoms with Crippen molar-refractivity contribution in [2.45, 2.75) is 37.5 Å². The summed E-state index contributed by atoms with van der Waals surface area (Å²) in [5, 5.41) is 37.4. The maximum atomic E-state index is 12.3. The molecule has 0 bridgehead atoms. The maximum absolute atomic E-state index is 12.3. The topological polar surface area (TPSA) is 155 Å². The van der Waals surface area contributed by atoms with Gasteiger partial charge in [-0.05, 0) is 5.56 Å². The van der Waals surface area contributed by atoms with E-state index in [4.69, 9.17) is 4.74 Å². The smallest absolute Gasteiger partial charge is 0.330 e.